The molecule has 1 N–H and O–H groups in total. The second-order valence-corrected chi connectivity index (χ2v) is 5.48. The van der Waals surface area contributed by atoms with E-state index in [-0.39, 0.29) is 5.69 Å². The predicted molar refractivity (Wildman–Crippen MR) is 65.2 cm³/mol. The zero-order valence-electron chi connectivity index (χ0n) is 10.7. The highest BCUT2D eigenvalue weighted by atomic mass is 16.4. The van der Waals surface area contributed by atoms with Gasteiger partial charge in [-0.2, -0.15) is 0 Å². The highest BCUT2D eigenvalue weighted by molar-refractivity contribution is 5.87. The van der Waals surface area contributed by atoms with Gasteiger partial charge in [-0.25, -0.2) is 9.78 Å². The number of imidazole rings is 1. The van der Waals surface area contributed by atoms with Crippen LogP contribution in [0.2, 0.25) is 0 Å². The topological polar surface area (TPSA) is 55.1 Å². The van der Waals surface area contributed by atoms with Crippen molar-refractivity contribution < 1.29 is 9.90 Å². The lowest BCUT2D eigenvalue weighted by Gasteiger charge is -2.23. The van der Waals surface area contributed by atoms with Crippen LogP contribution in [0.5, 0.6) is 0 Å². The van der Waals surface area contributed by atoms with Crippen LogP contribution in [-0.2, 0) is 19.4 Å². The molecule has 1 aliphatic heterocycles. The summed E-state index contributed by atoms with van der Waals surface area (Å²) in [5.41, 5.74) is 1.19. The molecule has 2 heterocycles. The summed E-state index contributed by atoms with van der Waals surface area (Å²) in [4.78, 5) is 15.5. The van der Waals surface area contributed by atoms with E-state index in [1.807, 2.05) is 0 Å². The summed E-state index contributed by atoms with van der Waals surface area (Å²) >= 11 is 0. The minimum absolute atomic E-state index is 0.271. The van der Waals surface area contributed by atoms with Crippen molar-refractivity contribution in [3.05, 3.63) is 17.2 Å². The molecular formula is C13H20N2O2. The first-order valence-corrected chi connectivity index (χ1v) is 6.30. The van der Waals surface area contributed by atoms with Gasteiger partial charge in [-0.1, -0.05) is 20.8 Å². The van der Waals surface area contributed by atoms with Crippen LogP contribution in [0.4, 0.5) is 0 Å². The Labute approximate surface area is 102 Å². The molecule has 0 fully saturated rings. The molecule has 0 saturated heterocycles. The molecule has 1 atom stereocenters. The van der Waals surface area contributed by atoms with Gasteiger partial charge in [-0.3, -0.25) is 0 Å². The molecule has 1 aromatic rings. The van der Waals surface area contributed by atoms with Crippen LogP contribution < -0.4 is 0 Å². The summed E-state index contributed by atoms with van der Waals surface area (Å²) in [6.45, 7) is 7.39. The first-order chi connectivity index (χ1) is 7.99. The molecule has 0 spiro atoms. The number of aromatic nitrogens is 2. The minimum atomic E-state index is -0.890. The van der Waals surface area contributed by atoms with Crippen LogP contribution in [0.3, 0.4) is 0 Å². The minimum Gasteiger partial charge on any atom is -0.476 e. The van der Waals surface area contributed by atoms with E-state index in [0.717, 1.165) is 37.3 Å². The van der Waals surface area contributed by atoms with Gasteiger partial charge in [-0.15, -0.1) is 0 Å². The number of fused-ring (bicyclic) bond motifs is 1. The van der Waals surface area contributed by atoms with E-state index in [1.54, 1.807) is 0 Å². The monoisotopic (exact) mass is 236 g/mol. The highest BCUT2D eigenvalue weighted by Gasteiger charge is 2.26. The molecule has 0 bridgehead atoms. The van der Waals surface area contributed by atoms with Gasteiger partial charge in [0.05, 0.1) is 5.69 Å². The van der Waals surface area contributed by atoms with Crippen molar-refractivity contribution >= 4 is 5.97 Å². The van der Waals surface area contributed by atoms with Crippen molar-refractivity contribution in [2.24, 2.45) is 11.8 Å². The first kappa shape index (κ1) is 12.1. The molecule has 4 nitrogen and oxygen atoms in total. The molecule has 0 aliphatic carbocycles. The van der Waals surface area contributed by atoms with Crippen molar-refractivity contribution in [3.63, 3.8) is 0 Å². The molecule has 0 amide bonds. The Morgan fingerprint density at radius 1 is 1.59 bits per heavy atom. The summed E-state index contributed by atoms with van der Waals surface area (Å²) in [5, 5.41) is 9.18. The van der Waals surface area contributed by atoms with E-state index in [1.165, 1.54) is 0 Å². The smallest absolute Gasteiger partial charge is 0.356 e. The molecule has 1 aromatic heterocycles. The van der Waals surface area contributed by atoms with Crippen LogP contribution in [-0.4, -0.2) is 20.6 Å². The fourth-order valence-electron chi connectivity index (χ4n) is 2.48. The molecule has 17 heavy (non-hydrogen) atoms. The van der Waals surface area contributed by atoms with Gasteiger partial charge in [0.1, 0.15) is 5.82 Å². The van der Waals surface area contributed by atoms with Crippen LogP contribution >= 0.6 is 0 Å². The van der Waals surface area contributed by atoms with E-state index < -0.39 is 5.97 Å². The average molecular weight is 236 g/mol. The number of carbonyl (C=O) groups is 1. The molecule has 0 saturated carbocycles. The number of hydrogen-bond acceptors (Lipinski definition) is 2. The highest BCUT2D eigenvalue weighted by Crippen LogP contribution is 2.25. The molecule has 1 aliphatic rings. The van der Waals surface area contributed by atoms with Crippen LogP contribution in [0.1, 0.15) is 49.2 Å². The Bertz CT molecular complexity index is 435. The van der Waals surface area contributed by atoms with Crippen molar-refractivity contribution in [1.82, 2.24) is 9.55 Å². The predicted octanol–water partition coefficient (Wildman–Crippen LogP) is 2.36. The van der Waals surface area contributed by atoms with Gasteiger partial charge in [0.25, 0.3) is 0 Å². The van der Waals surface area contributed by atoms with Crippen LogP contribution in [0, 0.1) is 11.8 Å². The number of carboxylic acids is 1. The van der Waals surface area contributed by atoms with E-state index >= 15 is 0 Å². The van der Waals surface area contributed by atoms with Gasteiger partial charge in [-0.05, 0) is 24.7 Å². The Morgan fingerprint density at radius 2 is 2.29 bits per heavy atom. The number of rotatable bonds is 3. The Morgan fingerprint density at radius 3 is 2.88 bits per heavy atom. The molecule has 1 unspecified atom stereocenters. The van der Waals surface area contributed by atoms with Gasteiger partial charge in [0, 0.05) is 13.0 Å². The maximum absolute atomic E-state index is 11.2. The lowest BCUT2D eigenvalue weighted by atomic mass is 9.98. The second-order valence-electron chi connectivity index (χ2n) is 5.48. The lowest BCUT2D eigenvalue weighted by molar-refractivity contribution is 0.0689. The summed E-state index contributed by atoms with van der Waals surface area (Å²) < 4.78 is 2.14. The average Bonchev–Trinajstić information content (AvgIpc) is 2.56. The van der Waals surface area contributed by atoms with Gasteiger partial charge < -0.3 is 9.67 Å². The summed E-state index contributed by atoms with van der Waals surface area (Å²) in [6, 6.07) is 0. The van der Waals surface area contributed by atoms with Crippen LogP contribution in [0.15, 0.2) is 0 Å². The van der Waals surface area contributed by atoms with E-state index in [2.05, 4.69) is 30.3 Å². The van der Waals surface area contributed by atoms with Gasteiger partial charge in [0.2, 0.25) is 0 Å². The quantitative estimate of drug-likeness (QED) is 0.876. The van der Waals surface area contributed by atoms with Gasteiger partial charge >= 0.3 is 5.97 Å². The first-order valence-electron chi connectivity index (χ1n) is 6.30. The molecule has 4 heteroatoms. The summed E-state index contributed by atoms with van der Waals surface area (Å²) in [6.07, 6.45) is 2.76. The zero-order valence-corrected chi connectivity index (χ0v) is 10.7. The zero-order chi connectivity index (χ0) is 12.6. The molecule has 0 radical (unpaired) electrons. The number of nitrogens with zero attached hydrogens (tertiary/aromatic N) is 2. The third kappa shape index (κ3) is 2.35. The molecule has 2 rings (SSSR count). The number of hydrogen-bond donors (Lipinski definition) is 1. The van der Waals surface area contributed by atoms with Crippen molar-refractivity contribution in [2.45, 2.75) is 46.6 Å². The standard InChI is InChI=1S/C13H20N2O2/c1-8(2)6-11-14-12(13(16)17)10-5-4-9(3)7-15(10)11/h8-9H,4-7H2,1-3H3,(H,16,17). The number of aromatic carboxylic acids is 1. The summed E-state index contributed by atoms with van der Waals surface area (Å²) in [7, 11) is 0. The lowest BCUT2D eigenvalue weighted by Crippen LogP contribution is -2.21. The van der Waals surface area contributed by atoms with E-state index in [9.17, 15) is 9.90 Å². The third-order valence-electron chi connectivity index (χ3n) is 3.31. The maximum Gasteiger partial charge on any atom is 0.356 e. The SMILES string of the molecule is CC(C)Cc1nc(C(=O)O)c2n1CC(C)CC2. The third-order valence-corrected chi connectivity index (χ3v) is 3.31. The molecule has 0 aromatic carbocycles. The Balaban J connectivity index is 2.42. The normalized spacial score (nSPS) is 19.4. The van der Waals surface area contributed by atoms with E-state index in [0.29, 0.717) is 11.8 Å². The second kappa shape index (κ2) is 4.51. The van der Waals surface area contributed by atoms with Crippen molar-refractivity contribution in [3.8, 4) is 0 Å². The molecular weight excluding hydrogens is 216 g/mol. The van der Waals surface area contributed by atoms with Crippen molar-refractivity contribution in [2.75, 3.05) is 0 Å². The Hall–Kier alpha value is -1.32. The van der Waals surface area contributed by atoms with Crippen molar-refractivity contribution in [1.29, 1.82) is 0 Å². The van der Waals surface area contributed by atoms with Gasteiger partial charge in [0.15, 0.2) is 5.69 Å². The fourth-order valence-corrected chi connectivity index (χ4v) is 2.48. The van der Waals surface area contributed by atoms with Crippen LogP contribution in [0.25, 0.3) is 0 Å². The number of carboxylic acid groups (broad SMARTS) is 1. The maximum atomic E-state index is 11.2. The fraction of sp³-hybridized carbons (Fsp3) is 0.692. The van der Waals surface area contributed by atoms with E-state index in [4.69, 9.17) is 0 Å². The molecule has 94 valence electrons. The summed E-state index contributed by atoms with van der Waals surface area (Å²) in [5.74, 6) is 1.17. The largest absolute Gasteiger partial charge is 0.476 e. The Kier molecular flexibility index (Phi) is 3.22.